The monoisotopic (exact) mass is 416 g/mol. The predicted octanol–water partition coefficient (Wildman–Crippen LogP) is 5.65. The zero-order valence-electron chi connectivity index (χ0n) is 12.6. The van der Waals surface area contributed by atoms with E-state index in [9.17, 15) is 4.79 Å². The quantitative estimate of drug-likeness (QED) is 0.207. The number of halogens is 1. The van der Waals surface area contributed by atoms with Gasteiger partial charge in [0.15, 0.2) is 5.78 Å². The normalized spacial score (nSPS) is 11.4. The van der Waals surface area contributed by atoms with E-state index in [-0.39, 0.29) is 5.78 Å². The van der Waals surface area contributed by atoms with Crippen molar-refractivity contribution < 1.29 is 4.79 Å². The lowest BCUT2D eigenvalue weighted by molar-refractivity contribution is 0.104. The molecule has 120 valence electrons. The molecule has 0 aromatic heterocycles. The van der Waals surface area contributed by atoms with E-state index in [1.54, 1.807) is 23.7 Å². The summed E-state index contributed by atoms with van der Waals surface area (Å²) in [5, 5.41) is 10.5. The number of nitrogens with zero attached hydrogens (tertiary/aromatic N) is 2. The van der Waals surface area contributed by atoms with Gasteiger partial charge in [0.25, 0.3) is 0 Å². The summed E-state index contributed by atoms with van der Waals surface area (Å²) in [6, 6.07) is 17.1. The molecule has 0 fully saturated rings. The Kier molecular flexibility index (Phi) is 7.83. The van der Waals surface area contributed by atoms with Gasteiger partial charge < -0.3 is 0 Å². The summed E-state index contributed by atoms with van der Waals surface area (Å²) in [4.78, 5) is 15.8. The van der Waals surface area contributed by atoms with Crippen molar-refractivity contribution in [3.05, 3.63) is 81.7 Å². The summed E-state index contributed by atoms with van der Waals surface area (Å²) in [6.07, 6.45) is 3.29. The van der Waals surface area contributed by atoms with Gasteiger partial charge in [-0.3, -0.25) is 4.79 Å². The Hall–Kier alpha value is -1.81. The summed E-state index contributed by atoms with van der Waals surface area (Å²) in [6.45, 7) is 0. The third-order valence-electron chi connectivity index (χ3n) is 2.86. The highest BCUT2D eigenvalue weighted by Gasteiger charge is 2.04. The second kappa shape index (κ2) is 10.1. The van der Waals surface area contributed by atoms with Crippen LogP contribution >= 0.6 is 39.5 Å². The van der Waals surface area contributed by atoms with Gasteiger partial charge >= 0.3 is 0 Å². The maximum absolute atomic E-state index is 12.0. The lowest BCUT2D eigenvalue weighted by atomic mass is 10.1. The molecule has 0 aliphatic carbocycles. The highest BCUT2D eigenvalue weighted by atomic mass is 79.9. The van der Waals surface area contributed by atoms with Crippen LogP contribution in [0.2, 0.25) is 0 Å². The summed E-state index contributed by atoms with van der Waals surface area (Å²) in [5.41, 5.74) is 1.77. The van der Waals surface area contributed by atoms with E-state index in [0.717, 1.165) is 15.8 Å². The zero-order chi connectivity index (χ0) is 17.2. The summed E-state index contributed by atoms with van der Waals surface area (Å²) in [5.74, 6) is 0.641. The Labute approximate surface area is 158 Å². The molecule has 0 saturated carbocycles. The van der Waals surface area contributed by atoms with Crippen LogP contribution < -0.4 is 0 Å². The first kappa shape index (κ1) is 18.5. The molecule has 0 amide bonds. The number of rotatable bonds is 5. The molecule has 0 heterocycles. The second-order valence-electron chi connectivity index (χ2n) is 4.54. The van der Waals surface area contributed by atoms with E-state index >= 15 is 0 Å². The number of ketones is 1. The number of hydrogen-bond acceptors (Lipinski definition) is 5. The Balaban J connectivity index is 1.91. The van der Waals surface area contributed by atoms with Crippen molar-refractivity contribution in [2.24, 2.45) is 4.99 Å². The molecule has 2 aromatic rings. The number of thioether (sulfide) groups is 2. The highest BCUT2D eigenvalue weighted by Crippen LogP contribution is 2.22. The van der Waals surface area contributed by atoms with Crippen LogP contribution in [0.25, 0.3) is 0 Å². The lowest BCUT2D eigenvalue weighted by Gasteiger charge is -2.01. The number of hydrogen-bond donors (Lipinski definition) is 0. The van der Waals surface area contributed by atoms with Crippen molar-refractivity contribution in [3.8, 4) is 6.19 Å². The molecule has 0 aliphatic heterocycles. The number of aliphatic imine (C=N–C) groups is 1. The molecule has 24 heavy (non-hydrogen) atoms. The largest absolute Gasteiger partial charge is 0.289 e. The third-order valence-corrected chi connectivity index (χ3v) is 5.42. The molecule has 0 bridgehead atoms. The van der Waals surface area contributed by atoms with Gasteiger partial charge in [-0.25, -0.2) is 0 Å². The Morgan fingerprint density at radius 2 is 1.88 bits per heavy atom. The minimum atomic E-state index is -0.0839. The van der Waals surface area contributed by atoms with Crippen molar-refractivity contribution in [3.63, 3.8) is 0 Å². The van der Waals surface area contributed by atoms with Gasteiger partial charge in [0.2, 0.25) is 6.19 Å². The van der Waals surface area contributed by atoms with Gasteiger partial charge in [-0.15, -0.1) is 0 Å². The number of nitriles is 1. The number of allylic oxidation sites excluding steroid dienone is 1. The zero-order valence-corrected chi connectivity index (χ0v) is 15.8. The SMILES string of the molecule is N#CN=C(SC=CC(=O)c1ccc(Br)cc1)SCc1ccccc1. The molecule has 0 radical (unpaired) electrons. The summed E-state index contributed by atoms with van der Waals surface area (Å²) in [7, 11) is 0. The minimum absolute atomic E-state index is 0.0839. The Bertz CT molecular complexity index is 781. The molecule has 2 rings (SSSR count). The average Bonchev–Trinajstić information content (AvgIpc) is 2.61. The molecule has 0 aliphatic rings. The molecule has 0 saturated heterocycles. The smallest absolute Gasteiger partial charge is 0.207 e. The number of carbonyl (C=O) groups is 1. The number of benzene rings is 2. The molecule has 0 atom stereocenters. The van der Waals surface area contributed by atoms with Gasteiger partial charge in [0.05, 0.1) is 0 Å². The standard InChI is InChI=1S/C18H13BrN2OS2/c19-16-8-6-15(7-9-16)17(22)10-11-23-18(21-13-20)24-12-14-4-2-1-3-5-14/h1-11H,12H2. The average molecular weight is 417 g/mol. The van der Waals surface area contributed by atoms with E-state index in [0.29, 0.717) is 9.94 Å². The summed E-state index contributed by atoms with van der Waals surface area (Å²) >= 11 is 6.08. The Morgan fingerprint density at radius 1 is 1.17 bits per heavy atom. The van der Waals surface area contributed by atoms with Gasteiger partial charge in [0, 0.05) is 15.8 Å². The molecule has 0 spiro atoms. The van der Waals surface area contributed by atoms with E-state index in [4.69, 9.17) is 5.26 Å². The molecular weight excluding hydrogens is 404 g/mol. The van der Waals surface area contributed by atoms with Crippen LogP contribution in [0.4, 0.5) is 0 Å². The topological polar surface area (TPSA) is 53.2 Å². The van der Waals surface area contributed by atoms with Crippen molar-refractivity contribution in [2.45, 2.75) is 5.75 Å². The molecule has 0 unspecified atom stereocenters. The number of carbonyl (C=O) groups excluding carboxylic acids is 1. The fourth-order valence-electron chi connectivity index (χ4n) is 1.72. The fourth-order valence-corrected chi connectivity index (χ4v) is 3.59. The van der Waals surface area contributed by atoms with E-state index in [1.807, 2.05) is 42.5 Å². The third kappa shape index (κ3) is 6.36. The predicted molar refractivity (Wildman–Crippen MR) is 106 cm³/mol. The first-order chi connectivity index (χ1) is 11.7. The second-order valence-corrected chi connectivity index (χ2v) is 7.58. The lowest BCUT2D eigenvalue weighted by Crippen LogP contribution is -1.93. The minimum Gasteiger partial charge on any atom is -0.289 e. The van der Waals surface area contributed by atoms with Crippen LogP contribution in [-0.4, -0.2) is 10.2 Å². The van der Waals surface area contributed by atoms with Crippen LogP contribution in [-0.2, 0) is 5.75 Å². The van der Waals surface area contributed by atoms with Crippen molar-refractivity contribution in [2.75, 3.05) is 0 Å². The Morgan fingerprint density at radius 3 is 2.54 bits per heavy atom. The van der Waals surface area contributed by atoms with E-state index < -0.39 is 0 Å². The van der Waals surface area contributed by atoms with Crippen molar-refractivity contribution in [1.82, 2.24) is 0 Å². The van der Waals surface area contributed by atoms with Crippen molar-refractivity contribution in [1.29, 1.82) is 5.26 Å². The maximum atomic E-state index is 12.0. The van der Waals surface area contributed by atoms with Crippen LogP contribution in [0.3, 0.4) is 0 Å². The van der Waals surface area contributed by atoms with E-state index in [1.165, 1.54) is 29.6 Å². The van der Waals surface area contributed by atoms with Crippen LogP contribution in [0, 0.1) is 11.5 Å². The van der Waals surface area contributed by atoms with Crippen LogP contribution in [0.15, 0.2) is 75.5 Å². The van der Waals surface area contributed by atoms with Crippen LogP contribution in [0.1, 0.15) is 15.9 Å². The molecular formula is C18H13BrN2OS2. The first-order valence-electron chi connectivity index (χ1n) is 6.95. The van der Waals surface area contributed by atoms with E-state index in [2.05, 4.69) is 20.9 Å². The molecule has 0 N–H and O–H groups in total. The molecule has 2 aromatic carbocycles. The van der Waals surface area contributed by atoms with Gasteiger partial charge in [-0.05, 0) is 41.3 Å². The van der Waals surface area contributed by atoms with Gasteiger partial charge in [-0.2, -0.15) is 10.3 Å². The highest BCUT2D eigenvalue weighted by molar-refractivity contribution is 9.10. The van der Waals surface area contributed by atoms with Crippen molar-refractivity contribution >= 4 is 49.6 Å². The first-order valence-corrected chi connectivity index (χ1v) is 9.61. The summed E-state index contributed by atoms with van der Waals surface area (Å²) < 4.78 is 1.54. The molecule has 3 nitrogen and oxygen atoms in total. The van der Waals surface area contributed by atoms with Gasteiger partial charge in [-0.1, -0.05) is 69.8 Å². The van der Waals surface area contributed by atoms with Gasteiger partial charge in [0.1, 0.15) is 4.38 Å². The fraction of sp³-hybridized carbons (Fsp3) is 0.0556. The maximum Gasteiger partial charge on any atom is 0.207 e. The van der Waals surface area contributed by atoms with Crippen LogP contribution in [0.5, 0.6) is 0 Å². The molecule has 6 heteroatoms.